The summed E-state index contributed by atoms with van der Waals surface area (Å²) in [5.74, 6) is 0.770. The molecule has 2 aromatic rings. The molecule has 1 aliphatic rings. The highest BCUT2D eigenvalue weighted by Gasteiger charge is 2.24. The monoisotopic (exact) mass is 284 g/mol. The summed E-state index contributed by atoms with van der Waals surface area (Å²) in [6, 6.07) is 10.3. The molecular weight excluding hydrogens is 264 g/mol. The molecule has 0 aliphatic carbocycles. The van der Waals surface area contributed by atoms with E-state index in [0.29, 0.717) is 11.3 Å². The summed E-state index contributed by atoms with van der Waals surface area (Å²) in [7, 11) is 0. The molecule has 1 aliphatic heterocycles. The molecule has 1 amide bonds. The Hall–Kier alpha value is -2.23. The average Bonchev–Trinajstić information content (AvgIpc) is 2.93. The first kappa shape index (κ1) is 13.7. The molecule has 4 nitrogen and oxygen atoms in total. The van der Waals surface area contributed by atoms with Crippen molar-refractivity contribution in [3.63, 3.8) is 0 Å². The van der Waals surface area contributed by atoms with Gasteiger partial charge in [0.1, 0.15) is 5.76 Å². The highest BCUT2D eigenvalue weighted by Crippen LogP contribution is 2.19. The molecule has 2 heterocycles. The predicted molar refractivity (Wildman–Crippen MR) is 82.7 cm³/mol. The molecule has 0 saturated carbocycles. The Labute approximate surface area is 125 Å². The van der Waals surface area contributed by atoms with Crippen molar-refractivity contribution in [2.75, 3.05) is 31.1 Å². The van der Waals surface area contributed by atoms with E-state index in [4.69, 9.17) is 4.42 Å². The van der Waals surface area contributed by atoms with Crippen molar-refractivity contribution >= 4 is 11.6 Å². The number of hydrogen-bond donors (Lipinski definition) is 0. The van der Waals surface area contributed by atoms with Gasteiger partial charge in [-0.3, -0.25) is 4.79 Å². The Bertz CT molecular complexity index is 640. The molecular formula is C17H20N2O2. The van der Waals surface area contributed by atoms with E-state index in [2.05, 4.69) is 36.1 Å². The van der Waals surface area contributed by atoms with E-state index in [9.17, 15) is 4.79 Å². The number of carbonyl (C=O) groups excluding carboxylic acids is 1. The molecule has 1 fully saturated rings. The standard InChI is InChI=1S/C17H20N2O2/c1-13-4-3-5-15(12-13)18-7-9-19(10-8-18)17(20)16-6-11-21-14(16)2/h3-6,11-12H,7-10H2,1-2H3. The predicted octanol–water partition coefficient (Wildman–Crippen LogP) is 2.86. The van der Waals surface area contributed by atoms with Crippen LogP contribution in [0.15, 0.2) is 41.0 Å². The van der Waals surface area contributed by atoms with E-state index in [1.165, 1.54) is 11.3 Å². The van der Waals surface area contributed by atoms with Crippen molar-refractivity contribution in [1.29, 1.82) is 0 Å². The number of rotatable bonds is 2. The Morgan fingerprint density at radius 1 is 1.10 bits per heavy atom. The smallest absolute Gasteiger partial charge is 0.257 e. The van der Waals surface area contributed by atoms with Crippen LogP contribution in [0.3, 0.4) is 0 Å². The number of carbonyl (C=O) groups is 1. The van der Waals surface area contributed by atoms with Crippen LogP contribution < -0.4 is 4.90 Å². The van der Waals surface area contributed by atoms with Crippen molar-refractivity contribution in [2.24, 2.45) is 0 Å². The van der Waals surface area contributed by atoms with Gasteiger partial charge >= 0.3 is 0 Å². The van der Waals surface area contributed by atoms with Crippen LogP contribution in [0.1, 0.15) is 21.7 Å². The summed E-state index contributed by atoms with van der Waals surface area (Å²) in [5.41, 5.74) is 3.18. The summed E-state index contributed by atoms with van der Waals surface area (Å²) in [5, 5.41) is 0. The zero-order valence-corrected chi connectivity index (χ0v) is 12.5. The molecule has 0 spiro atoms. The van der Waals surface area contributed by atoms with E-state index in [-0.39, 0.29) is 5.91 Å². The van der Waals surface area contributed by atoms with Crippen molar-refractivity contribution < 1.29 is 9.21 Å². The van der Waals surface area contributed by atoms with E-state index in [0.717, 1.165) is 26.2 Å². The second-order valence-electron chi connectivity index (χ2n) is 5.51. The first-order valence-electron chi connectivity index (χ1n) is 7.30. The van der Waals surface area contributed by atoms with Crippen LogP contribution in [0.2, 0.25) is 0 Å². The molecule has 4 heteroatoms. The van der Waals surface area contributed by atoms with Gasteiger partial charge < -0.3 is 14.2 Å². The zero-order valence-electron chi connectivity index (χ0n) is 12.5. The highest BCUT2D eigenvalue weighted by molar-refractivity contribution is 5.95. The van der Waals surface area contributed by atoms with Crippen LogP contribution in [0.5, 0.6) is 0 Å². The molecule has 1 aromatic heterocycles. The van der Waals surface area contributed by atoms with Crippen LogP contribution in [-0.4, -0.2) is 37.0 Å². The van der Waals surface area contributed by atoms with Crippen molar-refractivity contribution in [1.82, 2.24) is 4.90 Å². The van der Waals surface area contributed by atoms with Crippen molar-refractivity contribution in [3.05, 3.63) is 53.5 Å². The number of benzene rings is 1. The van der Waals surface area contributed by atoms with Gasteiger partial charge in [0.2, 0.25) is 0 Å². The highest BCUT2D eigenvalue weighted by atomic mass is 16.3. The Balaban J connectivity index is 1.65. The Morgan fingerprint density at radius 3 is 2.48 bits per heavy atom. The third kappa shape index (κ3) is 2.79. The largest absolute Gasteiger partial charge is 0.469 e. The number of nitrogens with zero attached hydrogens (tertiary/aromatic N) is 2. The van der Waals surface area contributed by atoms with E-state index < -0.39 is 0 Å². The first-order chi connectivity index (χ1) is 10.1. The minimum atomic E-state index is 0.0742. The normalized spacial score (nSPS) is 15.3. The van der Waals surface area contributed by atoms with Crippen molar-refractivity contribution in [3.8, 4) is 0 Å². The lowest BCUT2D eigenvalue weighted by atomic mass is 10.1. The lowest BCUT2D eigenvalue weighted by Crippen LogP contribution is -2.48. The molecule has 1 aromatic carbocycles. The third-order valence-corrected chi connectivity index (χ3v) is 4.02. The van der Waals surface area contributed by atoms with Crippen LogP contribution >= 0.6 is 0 Å². The Kier molecular flexibility index (Phi) is 3.69. The second-order valence-corrected chi connectivity index (χ2v) is 5.51. The molecule has 0 unspecified atom stereocenters. The van der Waals surface area contributed by atoms with E-state index in [1.807, 2.05) is 11.8 Å². The van der Waals surface area contributed by atoms with Crippen LogP contribution in [0.25, 0.3) is 0 Å². The molecule has 1 saturated heterocycles. The molecule has 0 radical (unpaired) electrons. The van der Waals surface area contributed by atoms with Gasteiger partial charge in [-0.15, -0.1) is 0 Å². The van der Waals surface area contributed by atoms with Gasteiger partial charge in [-0.2, -0.15) is 0 Å². The summed E-state index contributed by atoms with van der Waals surface area (Å²) in [4.78, 5) is 16.7. The van der Waals surface area contributed by atoms with Gasteiger partial charge in [0.25, 0.3) is 5.91 Å². The Morgan fingerprint density at radius 2 is 1.86 bits per heavy atom. The summed E-state index contributed by atoms with van der Waals surface area (Å²) in [6.07, 6.45) is 1.57. The van der Waals surface area contributed by atoms with Crippen LogP contribution in [0.4, 0.5) is 5.69 Å². The SMILES string of the molecule is Cc1cccc(N2CCN(C(=O)c3ccoc3C)CC2)c1. The lowest BCUT2D eigenvalue weighted by Gasteiger charge is -2.36. The van der Waals surface area contributed by atoms with E-state index >= 15 is 0 Å². The summed E-state index contributed by atoms with van der Waals surface area (Å²) >= 11 is 0. The van der Waals surface area contributed by atoms with Crippen LogP contribution in [0, 0.1) is 13.8 Å². The van der Waals surface area contributed by atoms with Gasteiger partial charge in [0.15, 0.2) is 0 Å². The molecule has 3 rings (SSSR count). The third-order valence-electron chi connectivity index (χ3n) is 4.02. The number of furan rings is 1. The summed E-state index contributed by atoms with van der Waals surface area (Å²) < 4.78 is 5.22. The summed E-state index contributed by atoms with van der Waals surface area (Å²) in [6.45, 7) is 7.16. The zero-order chi connectivity index (χ0) is 14.8. The topological polar surface area (TPSA) is 36.7 Å². The number of hydrogen-bond acceptors (Lipinski definition) is 3. The molecule has 0 N–H and O–H groups in total. The number of piperazine rings is 1. The molecule has 110 valence electrons. The maximum atomic E-state index is 12.4. The van der Waals surface area contributed by atoms with Gasteiger partial charge in [-0.1, -0.05) is 12.1 Å². The fourth-order valence-electron chi connectivity index (χ4n) is 2.77. The van der Waals surface area contributed by atoms with Gasteiger partial charge in [0.05, 0.1) is 11.8 Å². The second kappa shape index (κ2) is 5.64. The minimum absolute atomic E-state index is 0.0742. The quantitative estimate of drug-likeness (QED) is 0.851. The van der Waals surface area contributed by atoms with Gasteiger partial charge in [0, 0.05) is 31.9 Å². The minimum Gasteiger partial charge on any atom is -0.469 e. The number of amides is 1. The maximum Gasteiger partial charge on any atom is 0.257 e. The fraction of sp³-hybridized carbons (Fsp3) is 0.353. The van der Waals surface area contributed by atoms with Gasteiger partial charge in [-0.05, 0) is 37.6 Å². The van der Waals surface area contributed by atoms with Gasteiger partial charge in [-0.25, -0.2) is 0 Å². The lowest BCUT2D eigenvalue weighted by molar-refractivity contribution is 0.0745. The number of aryl methyl sites for hydroxylation is 2. The molecule has 21 heavy (non-hydrogen) atoms. The van der Waals surface area contributed by atoms with Crippen molar-refractivity contribution in [2.45, 2.75) is 13.8 Å². The average molecular weight is 284 g/mol. The molecule has 0 atom stereocenters. The number of anilines is 1. The first-order valence-corrected chi connectivity index (χ1v) is 7.30. The molecule has 0 bridgehead atoms. The van der Waals surface area contributed by atoms with Crippen LogP contribution in [-0.2, 0) is 0 Å². The fourth-order valence-corrected chi connectivity index (χ4v) is 2.77. The maximum absolute atomic E-state index is 12.4. The van der Waals surface area contributed by atoms with E-state index in [1.54, 1.807) is 12.3 Å².